The summed E-state index contributed by atoms with van der Waals surface area (Å²) in [6.45, 7) is 7.30. The Morgan fingerprint density at radius 1 is 0.826 bits per heavy atom. The van der Waals surface area contributed by atoms with Crippen LogP contribution in [-0.2, 0) is 33.2 Å². The zero-order valence-corrected chi connectivity index (χ0v) is 14.0. The van der Waals surface area contributed by atoms with E-state index in [4.69, 9.17) is 33.2 Å². The number of hydrogen-bond donors (Lipinski definition) is 0. The highest BCUT2D eigenvalue weighted by atomic mass is 16.7. The van der Waals surface area contributed by atoms with Crippen molar-refractivity contribution < 1.29 is 38.0 Å². The summed E-state index contributed by atoms with van der Waals surface area (Å²) >= 11 is 0. The first-order valence-electron chi connectivity index (χ1n) is 7.76. The summed E-state index contributed by atoms with van der Waals surface area (Å²) in [5.74, 6) is 0. The van der Waals surface area contributed by atoms with Crippen molar-refractivity contribution in [1.82, 2.24) is 0 Å². The molecule has 23 heavy (non-hydrogen) atoms. The third-order valence-corrected chi connectivity index (χ3v) is 3.08. The Morgan fingerprint density at radius 3 is 1.74 bits per heavy atom. The minimum Gasteiger partial charge on any atom is -0.433 e. The van der Waals surface area contributed by atoms with Gasteiger partial charge in [0.1, 0.15) is 13.2 Å². The molecular weight excluding hydrogens is 308 g/mol. The molecule has 1 rings (SSSR count). The second-order valence-corrected chi connectivity index (χ2v) is 5.52. The average molecular weight is 336 g/mol. The molecule has 136 valence electrons. The first-order valence-corrected chi connectivity index (χ1v) is 7.76. The maximum atomic E-state index is 10.8. The van der Waals surface area contributed by atoms with E-state index in [1.54, 1.807) is 7.11 Å². The van der Waals surface area contributed by atoms with Crippen molar-refractivity contribution in [2.45, 2.75) is 6.92 Å². The quantitative estimate of drug-likeness (QED) is 0.341. The van der Waals surface area contributed by atoms with E-state index in [1.807, 2.05) is 6.92 Å². The number of carbonyl (C=O) groups is 1. The van der Waals surface area contributed by atoms with E-state index in [2.05, 4.69) is 0 Å². The molecule has 1 saturated heterocycles. The maximum absolute atomic E-state index is 10.8. The summed E-state index contributed by atoms with van der Waals surface area (Å²) in [5.41, 5.74) is -0.292. The molecule has 1 aliphatic rings. The normalized spacial score (nSPS) is 16.9. The highest BCUT2D eigenvalue weighted by Gasteiger charge is 2.33. The van der Waals surface area contributed by atoms with Crippen LogP contribution in [0.25, 0.3) is 0 Å². The van der Waals surface area contributed by atoms with Gasteiger partial charge in [0.05, 0.1) is 64.9 Å². The number of cyclic esters (lactones) is 2. The van der Waals surface area contributed by atoms with Gasteiger partial charge in [-0.25, -0.2) is 4.79 Å². The Kier molecular flexibility index (Phi) is 10.9. The van der Waals surface area contributed by atoms with Gasteiger partial charge in [0.2, 0.25) is 0 Å². The van der Waals surface area contributed by atoms with E-state index in [-0.39, 0.29) is 5.41 Å². The van der Waals surface area contributed by atoms with Crippen LogP contribution in [0.1, 0.15) is 6.92 Å². The molecule has 0 N–H and O–H groups in total. The molecule has 1 fully saturated rings. The fraction of sp³-hybridized carbons (Fsp3) is 0.933. The van der Waals surface area contributed by atoms with Gasteiger partial charge in [-0.3, -0.25) is 0 Å². The molecule has 8 nitrogen and oxygen atoms in total. The first-order chi connectivity index (χ1) is 11.2. The molecular formula is C15H28O8. The van der Waals surface area contributed by atoms with Gasteiger partial charge in [0.25, 0.3) is 0 Å². The lowest BCUT2D eigenvalue weighted by Gasteiger charge is -2.31. The lowest BCUT2D eigenvalue weighted by atomic mass is 9.94. The van der Waals surface area contributed by atoms with Crippen LogP contribution in [0.5, 0.6) is 0 Å². The van der Waals surface area contributed by atoms with Crippen molar-refractivity contribution in [3.63, 3.8) is 0 Å². The Balaban J connectivity index is 1.80. The summed E-state index contributed by atoms with van der Waals surface area (Å²) in [4.78, 5) is 10.8. The molecule has 0 aromatic heterocycles. The van der Waals surface area contributed by atoms with Crippen molar-refractivity contribution in [2.24, 2.45) is 5.41 Å². The zero-order valence-electron chi connectivity index (χ0n) is 14.0. The van der Waals surface area contributed by atoms with Gasteiger partial charge < -0.3 is 33.2 Å². The monoisotopic (exact) mass is 336 g/mol. The minimum atomic E-state index is -0.616. The molecule has 0 amide bonds. The highest BCUT2D eigenvalue weighted by molar-refractivity contribution is 5.60. The van der Waals surface area contributed by atoms with Crippen LogP contribution >= 0.6 is 0 Å². The molecule has 1 heterocycles. The van der Waals surface area contributed by atoms with E-state index in [9.17, 15) is 4.79 Å². The third-order valence-electron chi connectivity index (χ3n) is 3.08. The Hall–Kier alpha value is -0.930. The van der Waals surface area contributed by atoms with Gasteiger partial charge in [0.15, 0.2) is 0 Å². The van der Waals surface area contributed by atoms with Gasteiger partial charge in [0, 0.05) is 7.11 Å². The Morgan fingerprint density at radius 2 is 1.26 bits per heavy atom. The minimum absolute atomic E-state index is 0.292. The standard InChI is InChI=1S/C15H28O8/c1-15(12-22-14(16)23-13-15)11-21-10-9-20-8-7-19-6-5-18-4-3-17-2/h3-13H2,1-2H3. The molecule has 8 heteroatoms. The SMILES string of the molecule is COCCOCCOCCOCCOCC1(C)COC(=O)OC1. The molecule has 0 atom stereocenters. The molecule has 0 radical (unpaired) electrons. The summed E-state index contributed by atoms with van der Waals surface area (Å²) in [6, 6.07) is 0. The summed E-state index contributed by atoms with van der Waals surface area (Å²) in [5, 5.41) is 0. The molecule has 0 unspecified atom stereocenters. The Bertz CT molecular complexity index is 300. The van der Waals surface area contributed by atoms with Gasteiger partial charge >= 0.3 is 6.16 Å². The largest absolute Gasteiger partial charge is 0.508 e. The van der Waals surface area contributed by atoms with Crippen molar-refractivity contribution in [2.75, 3.05) is 79.8 Å². The predicted octanol–water partition coefficient (Wildman–Crippen LogP) is 0.872. The van der Waals surface area contributed by atoms with Crippen LogP contribution in [0.3, 0.4) is 0 Å². The zero-order chi connectivity index (χ0) is 16.8. The van der Waals surface area contributed by atoms with Crippen LogP contribution < -0.4 is 0 Å². The molecule has 0 aromatic rings. The molecule has 0 bridgehead atoms. The maximum Gasteiger partial charge on any atom is 0.508 e. The first kappa shape index (κ1) is 20.1. The van der Waals surface area contributed by atoms with Crippen LogP contribution in [-0.4, -0.2) is 85.9 Å². The molecule has 0 saturated carbocycles. The fourth-order valence-electron chi connectivity index (χ4n) is 1.75. The number of carbonyl (C=O) groups excluding carboxylic acids is 1. The van der Waals surface area contributed by atoms with Gasteiger partial charge in [-0.05, 0) is 0 Å². The van der Waals surface area contributed by atoms with Crippen molar-refractivity contribution in [1.29, 1.82) is 0 Å². The van der Waals surface area contributed by atoms with Crippen LogP contribution in [0.4, 0.5) is 4.79 Å². The molecule has 1 aliphatic heterocycles. The Labute approximate surface area is 137 Å². The second-order valence-electron chi connectivity index (χ2n) is 5.52. The predicted molar refractivity (Wildman–Crippen MR) is 80.6 cm³/mol. The highest BCUT2D eigenvalue weighted by Crippen LogP contribution is 2.22. The van der Waals surface area contributed by atoms with Crippen molar-refractivity contribution in [3.8, 4) is 0 Å². The van der Waals surface area contributed by atoms with Gasteiger partial charge in [-0.1, -0.05) is 6.92 Å². The number of ether oxygens (including phenoxy) is 7. The van der Waals surface area contributed by atoms with E-state index >= 15 is 0 Å². The van der Waals surface area contributed by atoms with Gasteiger partial charge in [-0.15, -0.1) is 0 Å². The summed E-state index contributed by atoms with van der Waals surface area (Å²) < 4.78 is 36.1. The number of methoxy groups -OCH3 is 1. The average Bonchev–Trinajstić information content (AvgIpc) is 2.55. The molecule has 0 spiro atoms. The number of hydrogen-bond acceptors (Lipinski definition) is 8. The van der Waals surface area contributed by atoms with E-state index in [1.165, 1.54) is 0 Å². The van der Waals surface area contributed by atoms with E-state index in [0.717, 1.165) is 0 Å². The van der Waals surface area contributed by atoms with Crippen LogP contribution in [0, 0.1) is 5.41 Å². The molecule has 0 aromatic carbocycles. The summed E-state index contributed by atoms with van der Waals surface area (Å²) in [7, 11) is 1.64. The second kappa shape index (κ2) is 12.5. The van der Waals surface area contributed by atoms with Gasteiger partial charge in [-0.2, -0.15) is 0 Å². The molecule has 0 aliphatic carbocycles. The smallest absolute Gasteiger partial charge is 0.433 e. The van der Waals surface area contributed by atoms with E-state index in [0.29, 0.717) is 72.7 Å². The number of rotatable bonds is 14. The lowest BCUT2D eigenvalue weighted by molar-refractivity contribution is -0.0908. The van der Waals surface area contributed by atoms with Crippen molar-refractivity contribution >= 4 is 6.16 Å². The van der Waals surface area contributed by atoms with Crippen molar-refractivity contribution in [3.05, 3.63) is 0 Å². The van der Waals surface area contributed by atoms with Crippen LogP contribution in [0.2, 0.25) is 0 Å². The fourth-order valence-corrected chi connectivity index (χ4v) is 1.75. The summed E-state index contributed by atoms with van der Waals surface area (Å²) in [6.07, 6.45) is -0.616. The third kappa shape index (κ3) is 10.5. The van der Waals surface area contributed by atoms with E-state index < -0.39 is 6.16 Å². The van der Waals surface area contributed by atoms with Crippen LogP contribution in [0.15, 0.2) is 0 Å². The lowest BCUT2D eigenvalue weighted by Crippen LogP contribution is -2.40. The topological polar surface area (TPSA) is 81.7 Å².